The molecule has 0 aliphatic heterocycles. The Hall–Kier alpha value is -3.88. The topological polar surface area (TPSA) is 146 Å². The van der Waals surface area contributed by atoms with Gasteiger partial charge in [-0.1, -0.05) is 17.7 Å². The van der Waals surface area contributed by atoms with Gasteiger partial charge < -0.3 is 26.3 Å². The van der Waals surface area contributed by atoms with E-state index in [9.17, 15) is 14.4 Å². The number of nitrogens with zero attached hydrogens (tertiary/aromatic N) is 1. The molecule has 34 heavy (non-hydrogen) atoms. The predicted octanol–water partition coefficient (Wildman–Crippen LogP) is 2.18. The van der Waals surface area contributed by atoms with Gasteiger partial charge in [-0.15, -0.1) is 0 Å². The minimum Gasteiger partial charge on any atom is -0.496 e. The Bertz CT molecular complexity index is 1080. The number of methoxy groups -OCH3 is 2. The Kier molecular flexibility index (Phi) is 9.61. The minimum absolute atomic E-state index is 0.0302. The summed E-state index contributed by atoms with van der Waals surface area (Å²) in [6.07, 6.45) is 0.856. The molecule has 0 saturated heterocycles. The molecule has 0 saturated carbocycles. The van der Waals surface area contributed by atoms with E-state index in [-0.39, 0.29) is 23.9 Å². The van der Waals surface area contributed by atoms with E-state index in [1.165, 1.54) is 21.1 Å². The lowest BCUT2D eigenvalue weighted by molar-refractivity contribution is -0.120. The molecule has 2 rings (SSSR count). The first-order valence-corrected chi connectivity index (χ1v) is 10.9. The highest BCUT2D eigenvalue weighted by Crippen LogP contribution is 2.22. The second kappa shape index (κ2) is 12.4. The fourth-order valence-corrected chi connectivity index (χ4v) is 3.52. The minimum atomic E-state index is -0.783. The van der Waals surface area contributed by atoms with Gasteiger partial charge in [0.1, 0.15) is 11.5 Å². The van der Waals surface area contributed by atoms with Crippen LogP contribution >= 0.6 is 0 Å². The van der Waals surface area contributed by atoms with Crippen LogP contribution in [0.3, 0.4) is 0 Å². The van der Waals surface area contributed by atoms with Crippen molar-refractivity contribution in [3.8, 4) is 11.5 Å². The van der Waals surface area contributed by atoms with E-state index < -0.39 is 11.9 Å². The van der Waals surface area contributed by atoms with Crippen LogP contribution in [0.5, 0.6) is 11.5 Å². The molecule has 182 valence electrons. The average molecular weight is 469 g/mol. The first kappa shape index (κ1) is 26.4. The number of hydrogen-bond donors (Lipinski definition) is 3. The summed E-state index contributed by atoms with van der Waals surface area (Å²) in [5.41, 5.74) is 13.0. The van der Waals surface area contributed by atoms with Gasteiger partial charge in [0.2, 0.25) is 0 Å². The maximum atomic E-state index is 13.2. The molecule has 9 nitrogen and oxygen atoms in total. The first-order chi connectivity index (χ1) is 16.2. The fourth-order valence-electron chi connectivity index (χ4n) is 3.52. The van der Waals surface area contributed by atoms with E-state index in [4.69, 9.17) is 20.9 Å². The monoisotopic (exact) mass is 468 g/mol. The molecule has 0 radical (unpaired) electrons. The molecule has 0 bridgehead atoms. The summed E-state index contributed by atoms with van der Waals surface area (Å²) in [4.78, 5) is 42.1. The maximum Gasteiger partial charge on any atom is 0.255 e. The molecule has 5 N–H and O–H groups in total. The highest BCUT2D eigenvalue weighted by Gasteiger charge is 2.23. The molecule has 9 heteroatoms. The highest BCUT2D eigenvalue weighted by molar-refractivity contribution is 6.01. The van der Waals surface area contributed by atoms with Gasteiger partial charge in [-0.3, -0.25) is 19.4 Å². The molecular weight excluding hydrogens is 436 g/mol. The van der Waals surface area contributed by atoms with Crippen molar-refractivity contribution in [3.05, 3.63) is 58.7 Å². The molecule has 0 unspecified atom stereocenters. The average Bonchev–Trinajstić information content (AvgIpc) is 2.80. The van der Waals surface area contributed by atoms with Crippen LogP contribution in [0.1, 0.15) is 51.6 Å². The number of ketones is 2. The van der Waals surface area contributed by atoms with E-state index in [0.29, 0.717) is 47.6 Å². The summed E-state index contributed by atoms with van der Waals surface area (Å²) >= 11 is 0. The molecule has 0 aromatic heterocycles. The normalized spacial score (nSPS) is 11.3. The van der Waals surface area contributed by atoms with Gasteiger partial charge in [0.15, 0.2) is 17.5 Å². The summed E-state index contributed by atoms with van der Waals surface area (Å²) in [6, 6.07) is 9.49. The van der Waals surface area contributed by atoms with Crippen LogP contribution in [0.15, 0.2) is 41.4 Å². The molecular formula is C25H32N4O5. The van der Waals surface area contributed by atoms with Crippen molar-refractivity contribution < 1.29 is 23.9 Å². The Labute approximate surface area is 199 Å². The van der Waals surface area contributed by atoms with Crippen LogP contribution in [0.2, 0.25) is 0 Å². The lowest BCUT2D eigenvalue weighted by Crippen LogP contribution is -2.42. The van der Waals surface area contributed by atoms with E-state index >= 15 is 0 Å². The number of aliphatic imine (C=N–C) groups is 1. The van der Waals surface area contributed by atoms with Crippen LogP contribution in [0.25, 0.3) is 0 Å². The van der Waals surface area contributed by atoms with Gasteiger partial charge in [0.05, 0.1) is 31.4 Å². The molecule has 0 spiro atoms. The summed E-state index contributed by atoms with van der Waals surface area (Å²) in [6.45, 7) is 3.63. The SMILES string of the molecule is COc1ccc(CC(=O)[C@@H](CCCN=C(N)N)NC(=O)c2cc(C)ccc2OC)cc1C(C)=O. The summed E-state index contributed by atoms with van der Waals surface area (Å²) in [5.74, 6) is 0.0313. The van der Waals surface area contributed by atoms with E-state index in [2.05, 4.69) is 10.3 Å². The summed E-state index contributed by atoms with van der Waals surface area (Å²) < 4.78 is 10.5. The molecule has 1 amide bonds. The summed E-state index contributed by atoms with van der Waals surface area (Å²) in [7, 11) is 2.96. The van der Waals surface area contributed by atoms with Crippen LogP contribution in [0.4, 0.5) is 0 Å². The zero-order valence-corrected chi connectivity index (χ0v) is 20.0. The number of aryl methyl sites for hydroxylation is 1. The van der Waals surface area contributed by atoms with Crippen LogP contribution < -0.4 is 26.3 Å². The van der Waals surface area contributed by atoms with E-state index in [0.717, 1.165) is 5.56 Å². The zero-order valence-electron chi connectivity index (χ0n) is 20.0. The number of Topliss-reactive ketones (excluding diaryl/α,β-unsaturated/α-hetero) is 2. The summed E-state index contributed by atoms with van der Waals surface area (Å²) in [5, 5.41) is 2.83. The second-order valence-corrected chi connectivity index (χ2v) is 7.91. The Morgan fingerprint density at radius 2 is 1.65 bits per heavy atom. The van der Waals surface area contributed by atoms with Gasteiger partial charge in [-0.05, 0) is 56.5 Å². The number of ether oxygens (including phenoxy) is 2. The third-order valence-corrected chi connectivity index (χ3v) is 5.26. The van der Waals surface area contributed by atoms with Crippen LogP contribution in [0, 0.1) is 6.92 Å². The number of benzene rings is 2. The van der Waals surface area contributed by atoms with Crippen LogP contribution in [-0.2, 0) is 11.2 Å². The van der Waals surface area contributed by atoms with Crippen molar-refractivity contribution in [3.63, 3.8) is 0 Å². The largest absolute Gasteiger partial charge is 0.496 e. The Morgan fingerprint density at radius 3 is 2.26 bits per heavy atom. The first-order valence-electron chi connectivity index (χ1n) is 10.9. The van der Waals surface area contributed by atoms with Gasteiger partial charge >= 0.3 is 0 Å². The van der Waals surface area contributed by atoms with Gasteiger partial charge in [0.25, 0.3) is 5.91 Å². The zero-order chi connectivity index (χ0) is 25.3. The number of carbonyl (C=O) groups is 3. The van der Waals surface area contributed by atoms with E-state index in [1.807, 2.05) is 13.0 Å². The quantitative estimate of drug-likeness (QED) is 0.187. The van der Waals surface area contributed by atoms with Gasteiger partial charge in [-0.25, -0.2) is 0 Å². The predicted molar refractivity (Wildman–Crippen MR) is 131 cm³/mol. The van der Waals surface area contributed by atoms with Crippen molar-refractivity contribution >= 4 is 23.4 Å². The molecule has 0 aliphatic carbocycles. The third kappa shape index (κ3) is 7.33. The number of rotatable bonds is 12. The lowest BCUT2D eigenvalue weighted by Gasteiger charge is -2.19. The van der Waals surface area contributed by atoms with Crippen molar-refractivity contribution in [2.24, 2.45) is 16.5 Å². The smallest absolute Gasteiger partial charge is 0.255 e. The number of nitrogens with one attached hydrogen (secondary N) is 1. The standard InChI is InChI=1S/C25H32N4O5/c1-15-7-9-23(34-4)19(12-15)24(32)29-20(6-5-11-28-25(26)27)21(31)14-17-8-10-22(33-3)18(13-17)16(2)30/h7-10,12-13,20H,5-6,11,14H2,1-4H3,(H,29,32)(H4,26,27,28)/t20-/m1/s1. The number of amides is 1. The maximum absolute atomic E-state index is 13.2. The Balaban J connectivity index is 2.25. The lowest BCUT2D eigenvalue weighted by atomic mass is 9.97. The third-order valence-electron chi connectivity index (χ3n) is 5.26. The van der Waals surface area contributed by atoms with Gasteiger partial charge in [-0.2, -0.15) is 0 Å². The van der Waals surface area contributed by atoms with Crippen LogP contribution in [-0.4, -0.2) is 50.2 Å². The van der Waals surface area contributed by atoms with Gasteiger partial charge in [0, 0.05) is 13.0 Å². The molecule has 0 aliphatic rings. The second-order valence-electron chi connectivity index (χ2n) is 7.91. The number of nitrogens with two attached hydrogens (primary N) is 2. The van der Waals surface area contributed by atoms with Crippen molar-refractivity contribution in [2.45, 2.75) is 39.2 Å². The number of carbonyl (C=O) groups excluding carboxylic acids is 3. The Morgan fingerprint density at radius 1 is 1.00 bits per heavy atom. The van der Waals surface area contributed by atoms with Crippen molar-refractivity contribution in [1.82, 2.24) is 5.32 Å². The fraction of sp³-hybridized carbons (Fsp3) is 0.360. The molecule has 2 aromatic rings. The number of hydrogen-bond acceptors (Lipinski definition) is 6. The molecule has 1 atom stereocenters. The van der Waals surface area contributed by atoms with Crippen molar-refractivity contribution in [1.29, 1.82) is 0 Å². The number of guanidine groups is 1. The molecule has 2 aromatic carbocycles. The van der Waals surface area contributed by atoms with Crippen molar-refractivity contribution in [2.75, 3.05) is 20.8 Å². The molecule has 0 fully saturated rings. The highest BCUT2D eigenvalue weighted by atomic mass is 16.5. The van der Waals surface area contributed by atoms with E-state index in [1.54, 1.807) is 30.3 Å². The molecule has 0 heterocycles.